The summed E-state index contributed by atoms with van der Waals surface area (Å²) >= 11 is 12.1. The number of carbonyl (C=O) groups excluding carboxylic acids is 1. The van der Waals surface area contributed by atoms with Crippen LogP contribution in [0.1, 0.15) is 37.3 Å². The number of nitrogens with zero attached hydrogens (tertiary/aromatic N) is 2. The molecule has 7 heteroatoms. The second-order valence-electron chi connectivity index (χ2n) is 7.30. The lowest BCUT2D eigenvalue weighted by molar-refractivity contribution is -0.121. The van der Waals surface area contributed by atoms with Crippen molar-refractivity contribution in [2.24, 2.45) is 0 Å². The van der Waals surface area contributed by atoms with Crippen molar-refractivity contribution in [3.8, 4) is 11.3 Å². The van der Waals surface area contributed by atoms with E-state index >= 15 is 0 Å². The Morgan fingerprint density at radius 3 is 2.45 bits per heavy atom. The number of hydrogen-bond acceptors (Lipinski definition) is 4. The molecule has 5 nitrogen and oxygen atoms in total. The van der Waals surface area contributed by atoms with E-state index in [2.05, 4.69) is 53.3 Å². The SMILES string of the molecule is CCN(CC)Cc1ccc(CNC(=O)CCc2ncc(-c3ccc(Cl)cc3Cl)o2)cc1. The van der Waals surface area contributed by atoms with E-state index in [1.807, 2.05) is 0 Å². The first kappa shape index (κ1) is 23.3. The average molecular weight is 460 g/mol. The van der Waals surface area contributed by atoms with E-state index in [1.54, 1.807) is 24.4 Å². The van der Waals surface area contributed by atoms with Gasteiger partial charge in [-0.3, -0.25) is 9.69 Å². The summed E-state index contributed by atoms with van der Waals surface area (Å²) in [6, 6.07) is 13.6. The zero-order chi connectivity index (χ0) is 22.2. The van der Waals surface area contributed by atoms with E-state index in [0.717, 1.165) is 30.8 Å². The number of carbonyl (C=O) groups is 1. The summed E-state index contributed by atoms with van der Waals surface area (Å²) in [7, 11) is 0. The van der Waals surface area contributed by atoms with Crippen LogP contribution in [0.15, 0.2) is 53.1 Å². The van der Waals surface area contributed by atoms with Gasteiger partial charge in [-0.05, 0) is 42.4 Å². The predicted molar refractivity (Wildman–Crippen MR) is 125 cm³/mol. The van der Waals surface area contributed by atoms with Gasteiger partial charge in [-0.1, -0.05) is 61.3 Å². The molecule has 0 spiro atoms. The van der Waals surface area contributed by atoms with E-state index in [0.29, 0.717) is 41.1 Å². The van der Waals surface area contributed by atoms with Gasteiger partial charge >= 0.3 is 0 Å². The lowest BCUT2D eigenvalue weighted by Crippen LogP contribution is -2.23. The Bertz CT molecular complexity index is 998. The van der Waals surface area contributed by atoms with E-state index in [9.17, 15) is 4.79 Å². The molecule has 31 heavy (non-hydrogen) atoms. The first-order valence-corrected chi connectivity index (χ1v) is 11.2. The average Bonchev–Trinajstić information content (AvgIpc) is 3.24. The first-order valence-electron chi connectivity index (χ1n) is 10.5. The Morgan fingerprint density at radius 1 is 1.06 bits per heavy atom. The Kier molecular flexibility index (Phi) is 8.52. The number of halogens is 2. The molecular formula is C24H27Cl2N3O2. The summed E-state index contributed by atoms with van der Waals surface area (Å²) in [5, 5.41) is 4.01. The van der Waals surface area contributed by atoms with Crippen LogP contribution in [-0.4, -0.2) is 28.9 Å². The Labute approximate surface area is 193 Å². The molecule has 3 rings (SSSR count). The van der Waals surface area contributed by atoms with Crippen LogP contribution >= 0.6 is 23.2 Å². The minimum atomic E-state index is -0.0449. The fourth-order valence-corrected chi connectivity index (χ4v) is 3.72. The monoisotopic (exact) mass is 459 g/mol. The lowest BCUT2D eigenvalue weighted by Gasteiger charge is -2.18. The van der Waals surface area contributed by atoms with Crippen LogP contribution in [0.3, 0.4) is 0 Å². The van der Waals surface area contributed by atoms with Crippen molar-refractivity contribution in [2.75, 3.05) is 13.1 Å². The van der Waals surface area contributed by atoms with Crippen LogP contribution in [0, 0.1) is 0 Å². The molecule has 0 atom stereocenters. The van der Waals surface area contributed by atoms with Gasteiger partial charge in [0.25, 0.3) is 0 Å². The van der Waals surface area contributed by atoms with Crippen molar-refractivity contribution in [1.82, 2.24) is 15.2 Å². The zero-order valence-electron chi connectivity index (χ0n) is 17.8. The van der Waals surface area contributed by atoms with Crippen molar-refractivity contribution in [3.05, 3.63) is 75.7 Å². The van der Waals surface area contributed by atoms with Crippen molar-refractivity contribution in [3.63, 3.8) is 0 Å². The van der Waals surface area contributed by atoms with Crippen LogP contribution in [0.2, 0.25) is 10.0 Å². The summed E-state index contributed by atoms with van der Waals surface area (Å²) in [5.74, 6) is 1.01. The van der Waals surface area contributed by atoms with Gasteiger partial charge in [0.2, 0.25) is 5.91 Å². The zero-order valence-corrected chi connectivity index (χ0v) is 19.3. The third-order valence-electron chi connectivity index (χ3n) is 5.13. The highest BCUT2D eigenvalue weighted by Gasteiger charge is 2.12. The molecule has 0 aliphatic rings. The quantitative estimate of drug-likeness (QED) is 0.419. The maximum atomic E-state index is 12.2. The minimum absolute atomic E-state index is 0.0449. The number of nitrogens with one attached hydrogen (secondary N) is 1. The number of aromatic nitrogens is 1. The van der Waals surface area contributed by atoms with Crippen LogP contribution in [0.25, 0.3) is 11.3 Å². The molecule has 0 aliphatic carbocycles. The number of amides is 1. The number of rotatable bonds is 10. The van der Waals surface area contributed by atoms with Crippen LogP contribution < -0.4 is 5.32 Å². The molecule has 1 amide bonds. The Hall–Kier alpha value is -2.34. The Morgan fingerprint density at radius 2 is 1.77 bits per heavy atom. The highest BCUT2D eigenvalue weighted by atomic mass is 35.5. The lowest BCUT2D eigenvalue weighted by atomic mass is 10.1. The molecule has 2 aromatic carbocycles. The fourth-order valence-electron chi connectivity index (χ4n) is 3.22. The third-order valence-corrected chi connectivity index (χ3v) is 5.68. The molecule has 0 radical (unpaired) electrons. The summed E-state index contributed by atoms with van der Waals surface area (Å²) in [6.07, 6.45) is 2.33. The van der Waals surface area contributed by atoms with Crippen LogP contribution in [0.5, 0.6) is 0 Å². The second-order valence-corrected chi connectivity index (χ2v) is 8.14. The number of aryl methyl sites for hydroxylation is 1. The molecule has 0 unspecified atom stereocenters. The normalized spacial score (nSPS) is 11.1. The molecule has 1 heterocycles. The molecule has 0 aliphatic heterocycles. The second kappa shape index (κ2) is 11.3. The van der Waals surface area contributed by atoms with Crippen molar-refractivity contribution in [2.45, 2.75) is 39.8 Å². The van der Waals surface area contributed by atoms with Gasteiger partial charge in [0.05, 0.1) is 11.2 Å². The predicted octanol–water partition coefficient (Wildman–Crippen LogP) is 5.74. The highest BCUT2D eigenvalue weighted by molar-refractivity contribution is 6.36. The number of oxazole rings is 1. The molecule has 0 saturated heterocycles. The van der Waals surface area contributed by atoms with Gasteiger partial charge in [0.1, 0.15) is 0 Å². The summed E-state index contributed by atoms with van der Waals surface area (Å²) in [4.78, 5) is 18.8. The van der Waals surface area contributed by atoms with Gasteiger partial charge < -0.3 is 9.73 Å². The molecule has 0 fully saturated rings. The fraction of sp³-hybridized carbons (Fsp3) is 0.333. The molecule has 0 bridgehead atoms. The van der Waals surface area contributed by atoms with Crippen LogP contribution in [-0.2, 0) is 24.3 Å². The van der Waals surface area contributed by atoms with E-state index < -0.39 is 0 Å². The molecule has 3 aromatic rings. The number of benzene rings is 2. The van der Waals surface area contributed by atoms with Gasteiger partial charge in [-0.2, -0.15) is 0 Å². The van der Waals surface area contributed by atoms with Crippen molar-refractivity contribution in [1.29, 1.82) is 0 Å². The number of hydrogen-bond donors (Lipinski definition) is 1. The molecule has 164 valence electrons. The molecule has 1 N–H and O–H groups in total. The van der Waals surface area contributed by atoms with E-state index in [1.165, 1.54) is 5.56 Å². The molecular weight excluding hydrogens is 433 g/mol. The summed E-state index contributed by atoms with van der Waals surface area (Å²) in [5.41, 5.74) is 3.07. The van der Waals surface area contributed by atoms with E-state index in [-0.39, 0.29) is 5.91 Å². The van der Waals surface area contributed by atoms with Crippen molar-refractivity contribution >= 4 is 29.1 Å². The van der Waals surface area contributed by atoms with Crippen LogP contribution in [0.4, 0.5) is 0 Å². The maximum Gasteiger partial charge on any atom is 0.220 e. The molecule has 0 saturated carbocycles. The van der Waals surface area contributed by atoms with Gasteiger partial charge in [0.15, 0.2) is 11.7 Å². The largest absolute Gasteiger partial charge is 0.441 e. The highest BCUT2D eigenvalue weighted by Crippen LogP contribution is 2.30. The smallest absolute Gasteiger partial charge is 0.220 e. The first-order chi connectivity index (χ1) is 15.0. The van der Waals surface area contributed by atoms with Gasteiger partial charge in [0, 0.05) is 36.5 Å². The summed E-state index contributed by atoms with van der Waals surface area (Å²) in [6.45, 7) is 7.85. The summed E-state index contributed by atoms with van der Waals surface area (Å²) < 4.78 is 5.74. The third kappa shape index (κ3) is 6.82. The van der Waals surface area contributed by atoms with Crippen molar-refractivity contribution < 1.29 is 9.21 Å². The topological polar surface area (TPSA) is 58.4 Å². The van der Waals surface area contributed by atoms with Gasteiger partial charge in [-0.25, -0.2) is 4.98 Å². The standard InChI is InChI=1S/C24H27Cl2N3O2/c1-3-29(4-2)16-18-7-5-17(6-8-18)14-27-23(30)11-12-24-28-15-22(31-24)20-10-9-19(25)13-21(20)26/h5-10,13,15H,3-4,11-12,14,16H2,1-2H3,(H,27,30). The molecule has 1 aromatic heterocycles. The van der Waals surface area contributed by atoms with E-state index in [4.69, 9.17) is 27.6 Å². The Balaban J connectivity index is 1.46. The van der Waals surface area contributed by atoms with Gasteiger partial charge in [-0.15, -0.1) is 0 Å². The maximum absolute atomic E-state index is 12.2. The minimum Gasteiger partial charge on any atom is -0.441 e.